The van der Waals surface area contributed by atoms with Gasteiger partial charge in [-0.3, -0.25) is 4.79 Å². The van der Waals surface area contributed by atoms with Crippen LogP contribution in [0.1, 0.15) is 5.69 Å². The summed E-state index contributed by atoms with van der Waals surface area (Å²) >= 11 is 3.37. The Balaban J connectivity index is 1.75. The highest BCUT2D eigenvalue weighted by Crippen LogP contribution is 2.15. The van der Waals surface area contributed by atoms with Crippen molar-refractivity contribution in [2.75, 3.05) is 5.32 Å². The van der Waals surface area contributed by atoms with Gasteiger partial charge in [0.05, 0.1) is 11.9 Å². The molecule has 0 aliphatic rings. The molecule has 5 heteroatoms. The van der Waals surface area contributed by atoms with Crippen molar-refractivity contribution in [3.8, 4) is 0 Å². The fraction of sp³-hybridized carbons (Fsp3) is 0. The van der Waals surface area contributed by atoms with Crippen molar-refractivity contribution in [3.05, 3.63) is 71.1 Å². The van der Waals surface area contributed by atoms with Crippen molar-refractivity contribution in [2.24, 2.45) is 0 Å². The summed E-state index contributed by atoms with van der Waals surface area (Å²) in [5.41, 5.74) is 2.46. The standard InChI is InChI=1S/C16H12BrN3O/c17-12-4-3-5-13(10-12)19-16(21)8-7-14-11-18-15-6-1-2-9-20(14)15/h1-11H,(H,19,21)/b8-7+. The van der Waals surface area contributed by atoms with E-state index in [-0.39, 0.29) is 5.91 Å². The average Bonchev–Trinajstić information content (AvgIpc) is 2.88. The first-order valence-corrected chi connectivity index (χ1v) is 7.18. The smallest absolute Gasteiger partial charge is 0.248 e. The van der Waals surface area contributed by atoms with Crippen molar-refractivity contribution in [2.45, 2.75) is 0 Å². The number of carbonyl (C=O) groups excluding carboxylic acids is 1. The largest absolute Gasteiger partial charge is 0.322 e. The highest BCUT2D eigenvalue weighted by Gasteiger charge is 2.01. The van der Waals surface area contributed by atoms with Crippen LogP contribution in [-0.4, -0.2) is 15.3 Å². The molecule has 0 atom stereocenters. The SMILES string of the molecule is O=C(/C=C/c1cnc2ccccn12)Nc1cccc(Br)c1. The first-order valence-electron chi connectivity index (χ1n) is 6.39. The fourth-order valence-corrected chi connectivity index (χ4v) is 2.39. The quantitative estimate of drug-likeness (QED) is 0.737. The van der Waals surface area contributed by atoms with E-state index in [1.54, 1.807) is 12.3 Å². The topological polar surface area (TPSA) is 46.4 Å². The van der Waals surface area contributed by atoms with Crippen molar-refractivity contribution in [1.29, 1.82) is 0 Å². The predicted molar refractivity (Wildman–Crippen MR) is 87.0 cm³/mol. The molecule has 0 aliphatic heterocycles. The van der Waals surface area contributed by atoms with E-state index in [9.17, 15) is 4.79 Å². The lowest BCUT2D eigenvalue weighted by molar-refractivity contribution is -0.111. The molecule has 3 aromatic rings. The van der Waals surface area contributed by atoms with Gasteiger partial charge in [-0.25, -0.2) is 4.98 Å². The number of halogens is 1. The summed E-state index contributed by atoms with van der Waals surface area (Å²) in [5.74, 6) is -0.181. The normalized spacial score (nSPS) is 11.1. The van der Waals surface area contributed by atoms with Gasteiger partial charge in [0.25, 0.3) is 0 Å². The molecule has 2 heterocycles. The zero-order valence-corrected chi connectivity index (χ0v) is 12.6. The number of nitrogens with zero attached hydrogens (tertiary/aromatic N) is 2. The average molecular weight is 342 g/mol. The molecule has 0 fully saturated rings. The van der Waals surface area contributed by atoms with Gasteiger partial charge in [0.2, 0.25) is 5.91 Å². The highest BCUT2D eigenvalue weighted by atomic mass is 79.9. The molecule has 1 N–H and O–H groups in total. The second-order valence-corrected chi connectivity index (χ2v) is 5.36. The summed E-state index contributed by atoms with van der Waals surface area (Å²) in [7, 11) is 0. The summed E-state index contributed by atoms with van der Waals surface area (Å²) in [5, 5.41) is 2.81. The number of hydrogen-bond acceptors (Lipinski definition) is 2. The van der Waals surface area contributed by atoms with Gasteiger partial charge in [0, 0.05) is 22.4 Å². The first kappa shape index (κ1) is 13.6. The lowest BCUT2D eigenvalue weighted by atomic mass is 10.3. The van der Waals surface area contributed by atoms with E-state index in [1.807, 2.05) is 53.1 Å². The van der Waals surface area contributed by atoms with Gasteiger partial charge in [-0.2, -0.15) is 0 Å². The lowest BCUT2D eigenvalue weighted by Crippen LogP contribution is -2.07. The van der Waals surface area contributed by atoms with Crippen LogP contribution in [0, 0.1) is 0 Å². The molecule has 104 valence electrons. The Bertz CT molecular complexity index is 823. The number of amides is 1. The third kappa shape index (κ3) is 3.20. The van der Waals surface area contributed by atoms with Crippen LogP contribution in [0.5, 0.6) is 0 Å². The minimum absolute atomic E-state index is 0.181. The van der Waals surface area contributed by atoms with Crippen LogP contribution in [0.25, 0.3) is 11.7 Å². The maximum atomic E-state index is 11.9. The van der Waals surface area contributed by atoms with Gasteiger partial charge in [-0.1, -0.05) is 28.1 Å². The van der Waals surface area contributed by atoms with Crippen molar-refractivity contribution >= 4 is 39.2 Å². The Labute approximate surface area is 130 Å². The van der Waals surface area contributed by atoms with Crippen LogP contribution in [0.15, 0.2) is 65.4 Å². The van der Waals surface area contributed by atoms with Crippen LogP contribution in [0.3, 0.4) is 0 Å². The summed E-state index contributed by atoms with van der Waals surface area (Å²) in [4.78, 5) is 16.2. The second-order valence-electron chi connectivity index (χ2n) is 4.44. The van der Waals surface area contributed by atoms with Gasteiger partial charge in [0.1, 0.15) is 5.65 Å². The molecule has 0 saturated heterocycles. The molecule has 0 saturated carbocycles. The number of rotatable bonds is 3. The van der Waals surface area contributed by atoms with Crippen molar-refractivity contribution in [3.63, 3.8) is 0 Å². The van der Waals surface area contributed by atoms with Crippen LogP contribution in [0.4, 0.5) is 5.69 Å². The van der Waals surface area contributed by atoms with Gasteiger partial charge >= 0.3 is 0 Å². The third-order valence-corrected chi connectivity index (χ3v) is 3.44. The Hall–Kier alpha value is -2.40. The second kappa shape index (κ2) is 5.93. The summed E-state index contributed by atoms with van der Waals surface area (Å²) in [6, 6.07) is 13.2. The molecular weight excluding hydrogens is 330 g/mol. The molecule has 1 aromatic carbocycles. The number of carbonyl (C=O) groups is 1. The van der Waals surface area contributed by atoms with E-state index >= 15 is 0 Å². The number of imidazole rings is 1. The number of anilines is 1. The summed E-state index contributed by atoms with van der Waals surface area (Å²) in [6.45, 7) is 0. The first-order chi connectivity index (χ1) is 10.2. The lowest BCUT2D eigenvalue weighted by Gasteiger charge is -2.02. The van der Waals surface area contributed by atoms with Crippen LogP contribution in [-0.2, 0) is 4.79 Å². The Morgan fingerprint density at radius 1 is 1.24 bits per heavy atom. The van der Waals surface area contributed by atoms with Crippen molar-refractivity contribution < 1.29 is 4.79 Å². The maximum absolute atomic E-state index is 11.9. The maximum Gasteiger partial charge on any atom is 0.248 e. The molecular formula is C16H12BrN3O. The van der Waals surface area contributed by atoms with E-state index in [2.05, 4.69) is 26.2 Å². The number of hydrogen-bond donors (Lipinski definition) is 1. The molecule has 0 radical (unpaired) electrons. The van der Waals surface area contributed by atoms with E-state index in [0.717, 1.165) is 21.5 Å². The van der Waals surface area contributed by atoms with Gasteiger partial charge in [-0.15, -0.1) is 0 Å². The van der Waals surface area contributed by atoms with E-state index < -0.39 is 0 Å². The van der Waals surface area contributed by atoms with Crippen molar-refractivity contribution in [1.82, 2.24) is 9.38 Å². The minimum Gasteiger partial charge on any atom is -0.322 e. The molecule has 2 aromatic heterocycles. The fourth-order valence-electron chi connectivity index (χ4n) is 1.99. The minimum atomic E-state index is -0.181. The summed E-state index contributed by atoms with van der Waals surface area (Å²) < 4.78 is 2.84. The molecule has 3 rings (SSSR count). The van der Waals surface area contributed by atoms with Crippen LogP contribution < -0.4 is 5.32 Å². The molecule has 0 aliphatic carbocycles. The Morgan fingerprint density at radius 3 is 3.00 bits per heavy atom. The number of aromatic nitrogens is 2. The molecule has 4 nitrogen and oxygen atoms in total. The molecule has 0 spiro atoms. The van der Waals surface area contributed by atoms with Gasteiger partial charge in [0.15, 0.2) is 0 Å². The molecule has 1 amide bonds. The number of pyridine rings is 1. The summed E-state index contributed by atoms with van der Waals surface area (Å²) in [6.07, 6.45) is 6.89. The third-order valence-electron chi connectivity index (χ3n) is 2.94. The monoisotopic (exact) mass is 341 g/mol. The van der Waals surface area contributed by atoms with E-state index in [4.69, 9.17) is 0 Å². The zero-order chi connectivity index (χ0) is 14.7. The number of fused-ring (bicyclic) bond motifs is 1. The Kier molecular flexibility index (Phi) is 3.83. The van der Waals surface area contributed by atoms with Gasteiger partial charge in [-0.05, 0) is 36.4 Å². The molecule has 21 heavy (non-hydrogen) atoms. The highest BCUT2D eigenvalue weighted by molar-refractivity contribution is 9.10. The van der Waals surface area contributed by atoms with Crippen LogP contribution in [0.2, 0.25) is 0 Å². The number of nitrogens with one attached hydrogen (secondary N) is 1. The Morgan fingerprint density at radius 2 is 2.14 bits per heavy atom. The molecule has 0 bridgehead atoms. The zero-order valence-electron chi connectivity index (χ0n) is 11.0. The van der Waals surface area contributed by atoms with Gasteiger partial charge < -0.3 is 9.72 Å². The van der Waals surface area contributed by atoms with E-state index in [1.165, 1.54) is 6.08 Å². The van der Waals surface area contributed by atoms with E-state index in [0.29, 0.717) is 0 Å². The predicted octanol–water partition coefficient (Wildman–Crippen LogP) is 3.75. The van der Waals surface area contributed by atoms with Crippen LogP contribution >= 0.6 is 15.9 Å². The molecule has 0 unspecified atom stereocenters. The number of benzene rings is 1.